The predicted molar refractivity (Wildman–Crippen MR) is 139 cm³/mol. The number of ether oxygens (including phenoxy) is 1. The molecule has 0 bridgehead atoms. The second-order valence-corrected chi connectivity index (χ2v) is 9.30. The maximum absolute atomic E-state index is 11.9. The maximum atomic E-state index is 11.9. The van der Waals surface area contributed by atoms with E-state index in [-0.39, 0.29) is 5.12 Å². The van der Waals surface area contributed by atoms with E-state index in [0.29, 0.717) is 18.1 Å². The van der Waals surface area contributed by atoms with Gasteiger partial charge < -0.3 is 10.1 Å². The van der Waals surface area contributed by atoms with E-state index in [9.17, 15) is 4.79 Å². The van der Waals surface area contributed by atoms with Gasteiger partial charge in [0.05, 0.1) is 12.6 Å². The summed E-state index contributed by atoms with van der Waals surface area (Å²) in [4.78, 5) is 26.8. The van der Waals surface area contributed by atoms with Crippen molar-refractivity contribution in [2.75, 3.05) is 12.4 Å². The Bertz CT molecular complexity index is 1590. The van der Waals surface area contributed by atoms with Crippen molar-refractivity contribution < 1.29 is 9.53 Å². The van der Waals surface area contributed by atoms with E-state index in [4.69, 9.17) is 14.7 Å². The summed E-state index contributed by atoms with van der Waals surface area (Å²) in [7, 11) is 1.66. The highest BCUT2D eigenvalue weighted by atomic mass is 32.2. The molecule has 6 nitrogen and oxygen atoms in total. The van der Waals surface area contributed by atoms with Crippen LogP contribution in [0.15, 0.2) is 90.1 Å². The zero-order valence-corrected chi connectivity index (χ0v) is 19.7. The van der Waals surface area contributed by atoms with E-state index in [1.807, 2.05) is 54.6 Å². The largest absolute Gasteiger partial charge is 0.497 e. The molecule has 35 heavy (non-hydrogen) atoms. The number of anilines is 2. The molecule has 7 heteroatoms. The first-order valence-corrected chi connectivity index (χ1v) is 12.0. The summed E-state index contributed by atoms with van der Waals surface area (Å²) in [6.07, 6.45) is 3.96. The Labute approximate surface area is 206 Å². The SMILES string of the molecule is COc1cccc(-c2ccc3nc(-c4cccnc4)nc(Nc4ccc5c(c4)SC(=O)C5)c3c2)c1. The van der Waals surface area contributed by atoms with Crippen LogP contribution in [0.2, 0.25) is 0 Å². The Morgan fingerprint density at radius 1 is 0.914 bits per heavy atom. The van der Waals surface area contributed by atoms with Gasteiger partial charge in [0.2, 0.25) is 0 Å². The van der Waals surface area contributed by atoms with Gasteiger partial charge in [-0.2, -0.15) is 0 Å². The molecule has 6 rings (SSSR count). The lowest BCUT2D eigenvalue weighted by atomic mass is 10.0. The van der Waals surface area contributed by atoms with Crippen LogP contribution in [-0.4, -0.2) is 27.2 Å². The number of hydrogen-bond acceptors (Lipinski definition) is 7. The Morgan fingerprint density at radius 3 is 2.66 bits per heavy atom. The van der Waals surface area contributed by atoms with Gasteiger partial charge in [0.25, 0.3) is 0 Å². The number of nitrogens with zero attached hydrogens (tertiary/aromatic N) is 3. The van der Waals surface area contributed by atoms with Crippen molar-refractivity contribution in [1.82, 2.24) is 15.0 Å². The Kier molecular flexibility index (Phi) is 5.39. The van der Waals surface area contributed by atoms with Crippen LogP contribution in [0.1, 0.15) is 5.56 Å². The van der Waals surface area contributed by atoms with Gasteiger partial charge in [0.1, 0.15) is 11.6 Å². The van der Waals surface area contributed by atoms with Gasteiger partial charge in [0, 0.05) is 40.3 Å². The number of carbonyl (C=O) groups is 1. The maximum Gasteiger partial charge on any atom is 0.198 e. The molecule has 0 atom stereocenters. The second-order valence-electron chi connectivity index (χ2n) is 8.20. The first-order chi connectivity index (χ1) is 17.2. The summed E-state index contributed by atoms with van der Waals surface area (Å²) in [5.74, 6) is 2.08. The van der Waals surface area contributed by atoms with Crippen molar-refractivity contribution >= 4 is 39.3 Å². The molecule has 2 aromatic heterocycles. The quantitative estimate of drug-likeness (QED) is 0.320. The molecule has 0 spiro atoms. The minimum absolute atomic E-state index is 0.173. The minimum Gasteiger partial charge on any atom is -0.497 e. The molecule has 3 heterocycles. The number of pyridine rings is 1. The fraction of sp³-hybridized carbons (Fsp3) is 0.0714. The molecule has 170 valence electrons. The number of methoxy groups -OCH3 is 1. The average Bonchev–Trinajstić information content (AvgIpc) is 3.28. The van der Waals surface area contributed by atoms with Crippen molar-refractivity contribution in [3.05, 3.63) is 90.8 Å². The van der Waals surface area contributed by atoms with E-state index < -0.39 is 0 Å². The van der Waals surface area contributed by atoms with Gasteiger partial charge in [-0.25, -0.2) is 9.97 Å². The second kappa shape index (κ2) is 8.85. The number of fused-ring (bicyclic) bond motifs is 2. The number of rotatable bonds is 5. The molecule has 0 saturated heterocycles. The lowest BCUT2D eigenvalue weighted by Gasteiger charge is -2.13. The standard InChI is InChI=1S/C28H20N4O2S/c1-34-22-6-2-4-17(12-22)18-8-10-24-23(13-18)28(32-27(31-24)20-5-3-11-29-16-20)30-21-9-7-19-14-26(33)35-25(19)15-21/h2-13,15-16H,14H2,1H3,(H,30,31,32). The van der Waals surface area contributed by atoms with Crippen LogP contribution in [0, 0.1) is 0 Å². The first kappa shape index (κ1) is 21.3. The zero-order valence-electron chi connectivity index (χ0n) is 18.9. The van der Waals surface area contributed by atoms with E-state index in [1.165, 1.54) is 11.8 Å². The van der Waals surface area contributed by atoms with Crippen molar-refractivity contribution in [2.45, 2.75) is 11.3 Å². The summed E-state index contributed by atoms with van der Waals surface area (Å²) < 4.78 is 5.41. The smallest absolute Gasteiger partial charge is 0.198 e. The lowest BCUT2D eigenvalue weighted by Crippen LogP contribution is -2.00. The highest BCUT2D eigenvalue weighted by Crippen LogP contribution is 2.36. The molecular formula is C28H20N4O2S. The van der Waals surface area contributed by atoms with Crippen molar-refractivity contribution in [1.29, 1.82) is 0 Å². The Hall–Kier alpha value is -4.23. The van der Waals surface area contributed by atoms with Crippen LogP contribution in [0.4, 0.5) is 11.5 Å². The molecule has 0 unspecified atom stereocenters. The fourth-order valence-electron chi connectivity index (χ4n) is 4.15. The van der Waals surface area contributed by atoms with Gasteiger partial charge in [0.15, 0.2) is 10.9 Å². The van der Waals surface area contributed by atoms with Gasteiger partial charge >= 0.3 is 0 Å². The summed E-state index contributed by atoms with van der Waals surface area (Å²) in [5.41, 5.74) is 5.67. The monoisotopic (exact) mass is 476 g/mol. The van der Waals surface area contributed by atoms with Gasteiger partial charge in [-0.1, -0.05) is 36.0 Å². The van der Waals surface area contributed by atoms with Crippen molar-refractivity contribution in [3.63, 3.8) is 0 Å². The van der Waals surface area contributed by atoms with E-state index in [1.54, 1.807) is 19.5 Å². The molecule has 0 aliphatic carbocycles. The molecule has 0 radical (unpaired) electrons. The number of aromatic nitrogens is 3. The number of carbonyl (C=O) groups excluding carboxylic acids is 1. The molecule has 1 aliphatic rings. The van der Waals surface area contributed by atoms with Crippen LogP contribution in [0.5, 0.6) is 5.75 Å². The number of thioether (sulfide) groups is 1. The highest BCUT2D eigenvalue weighted by molar-refractivity contribution is 8.14. The number of benzene rings is 3. The van der Waals surface area contributed by atoms with Crippen LogP contribution in [0.3, 0.4) is 0 Å². The van der Waals surface area contributed by atoms with Crippen LogP contribution in [0.25, 0.3) is 33.4 Å². The fourth-order valence-corrected chi connectivity index (χ4v) is 5.08. The molecule has 1 aliphatic heterocycles. The van der Waals surface area contributed by atoms with E-state index in [2.05, 4.69) is 28.5 Å². The third kappa shape index (κ3) is 4.22. The lowest BCUT2D eigenvalue weighted by molar-refractivity contribution is -0.110. The molecule has 3 aromatic carbocycles. The van der Waals surface area contributed by atoms with E-state index >= 15 is 0 Å². The summed E-state index contributed by atoms with van der Waals surface area (Å²) in [5, 5.41) is 4.55. The summed E-state index contributed by atoms with van der Waals surface area (Å²) >= 11 is 1.29. The third-order valence-electron chi connectivity index (χ3n) is 5.91. The Balaban J connectivity index is 1.48. The predicted octanol–water partition coefficient (Wildman–Crippen LogP) is 6.29. The van der Waals surface area contributed by atoms with Crippen molar-refractivity contribution in [3.8, 4) is 28.3 Å². The van der Waals surface area contributed by atoms with Gasteiger partial charge in [-0.05, 0) is 65.2 Å². The van der Waals surface area contributed by atoms with Crippen LogP contribution >= 0.6 is 11.8 Å². The summed E-state index contributed by atoms with van der Waals surface area (Å²) in [6.45, 7) is 0. The molecule has 0 amide bonds. The minimum atomic E-state index is 0.173. The van der Waals surface area contributed by atoms with Crippen LogP contribution in [-0.2, 0) is 11.2 Å². The molecule has 0 fully saturated rings. The Morgan fingerprint density at radius 2 is 1.80 bits per heavy atom. The highest BCUT2D eigenvalue weighted by Gasteiger charge is 2.20. The molecule has 0 saturated carbocycles. The van der Waals surface area contributed by atoms with Crippen LogP contribution < -0.4 is 10.1 Å². The van der Waals surface area contributed by atoms with Gasteiger partial charge in [-0.3, -0.25) is 9.78 Å². The average molecular weight is 477 g/mol. The van der Waals surface area contributed by atoms with Gasteiger partial charge in [-0.15, -0.1) is 0 Å². The molecule has 5 aromatic rings. The number of hydrogen-bond donors (Lipinski definition) is 1. The molecular weight excluding hydrogens is 456 g/mol. The summed E-state index contributed by atoms with van der Waals surface area (Å²) in [6, 6.07) is 23.9. The first-order valence-electron chi connectivity index (χ1n) is 11.1. The third-order valence-corrected chi connectivity index (χ3v) is 6.88. The topological polar surface area (TPSA) is 77.0 Å². The normalized spacial score (nSPS) is 12.5. The van der Waals surface area contributed by atoms with Crippen molar-refractivity contribution in [2.24, 2.45) is 0 Å². The number of nitrogens with one attached hydrogen (secondary N) is 1. The molecule has 1 N–H and O–H groups in total. The zero-order chi connectivity index (χ0) is 23.8. The van der Waals surface area contributed by atoms with E-state index in [0.717, 1.165) is 49.5 Å².